The molecule has 4 nitrogen and oxygen atoms in total. The van der Waals surface area contributed by atoms with Crippen molar-refractivity contribution >= 4 is 11.7 Å². The van der Waals surface area contributed by atoms with E-state index in [1.54, 1.807) is 6.20 Å². The SMILES string of the molecule is CN(C)c1cc(CNC(=O)C[C@@H]2C[C@H]3CC[C@H]2C3)ccn1. The van der Waals surface area contributed by atoms with Crippen LogP contribution >= 0.6 is 0 Å². The van der Waals surface area contributed by atoms with E-state index in [0.29, 0.717) is 18.9 Å². The molecule has 0 radical (unpaired) electrons. The third-order valence-electron chi connectivity index (χ3n) is 5.09. The highest BCUT2D eigenvalue weighted by Crippen LogP contribution is 2.49. The fraction of sp³-hybridized carbons (Fsp3) is 0.647. The molecule has 2 fully saturated rings. The molecule has 21 heavy (non-hydrogen) atoms. The van der Waals surface area contributed by atoms with Gasteiger partial charge in [0.25, 0.3) is 0 Å². The summed E-state index contributed by atoms with van der Waals surface area (Å²) in [4.78, 5) is 18.4. The van der Waals surface area contributed by atoms with Crippen molar-refractivity contribution in [2.45, 2.75) is 38.6 Å². The first-order valence-corrected chi connectivity index (χ1v) is 8.01. The second kappa shape index (κ2) is 6.04. The van der Waals surface area contributed by atoms with Gasteiger partial charge in [-0.3, -0.25) is 4.79 Å². The molecule has 1 aromatic heterocycles. The number of carbonyl (C=O) groups excluding carboxylic acids is 1. The third-order valence-corrected chi connectivity index (χ3v) is 5.09. The first-order chi connectivity index (χ1) is 10.1. The molecule has 1 amide bonds. The fourth-order valence-corrected chi connectivity index (χ4v) is 3.95. The van der Waals surface area contributed by atoms with E-state index in [2.05, 4.69) is 10.3 Å². The summed E-state index contributed by atoms with van der Waals surface area (Å²) in [5.74, 6) is 3.50. The minimum atomic E-state index is 0.204. The molecule has 0 saturated heterocycles. The number of fused-ring (bicyclic) bond motifs is 2. The molecule has 2 aliphatic rings. The van der Waals surface area contributed by atoms with Crippen LogP contribution in [-0.2, 0) is 11.3 Å². The van der Waals surface area contributed by atoms with Gasteiger partial charge in [0.15, 0.2) is 0 Å². The summed E-state index contributed by atoms with van der Waals surface area (Å²) in [6.45, 7) is 0.600. The summed E-state index contributed by atoms with van der Waals surface area (Å²) < 4.78 is 0. The van der Waals surface area contributed by atoms with Crippen LogP contribution in [0.5, 0.6) is 0 Å². The number of nitrogens with zero attached hydrogens (tertiary/aromatic N) is 2. The molecule has 0 unspecified atom stereocenters. The van der Waals surface area contributed by atoms with E-state index < -0.39 is 0 Å². The first kappa shape index (κ1) is 14.4. The van der Waals surface area contributed by atoms with Crippen LogP contribution in [0.1, 0.15) is 37.7 Å². The third kappa shape index (κ3) is 3.36. The maximum Gasteiger partial charge on any atom is 0.220 e. The second-order valence-electron chi connectivity index (χ2n) is 6.83. The minimum Gasteiger partial charge on any atom is -0.363 e. The van der Waals surface area contributed by atoms with E-state index in [4.69, 9.17) is 0 Å². The average molecular weight is 287 g/mol. The molecule has 1 heterocycles. The van der Waals surface area contributed by atoms with Crippen LogP contribution in [0.3, 0.4) is 0 Å². The Kier molecular flexibility index (Phi) is 4.13. The zero-order chi connectivity index (χ0) is 14.8. The monoisotopic (exact) mass is 287 g/mol. The maximum absolute atomic E-state index is 12.1. The number of aromatic nitrogens is 1. The summed E-state index contributed by atoms with van der Waals surface area (Å²) >= 11 is 0. The highest BCUT2D eigenvalue weighted by molar-refractivity contribution is 5.76. The number of nitrogens with one attached hydrogen (secondary N) is 1. The van der Waals surface area contributed by atoms with Gasteiger partial charge in [0.1, 0.15) is 5.82 Å². The van der Waals surface area contributed by atoms with Gasteiger partial charge in [-0.2, -0.15) is 0 Å². The van der Waals surface area contributed by atoms with Crippen LogP contribution in [0.2, 0.25) is 0 Å². The van der Waals surface area contributed by atoms with Gasteiger partial charge in [-0.05, 0) is 54.7 Å². The minimum absolute atomic E-state index is 0.204. The Morgan fingerprint density at radius 2 is 2.24 bits per heavy atom. The smallest absolute Gasteiger partial charge is 0.220 e. The summed E-state index contributed by atoms with van der Waals surface area (Å²) in [5.41, 5.74) is 1.11. The fourth-order valence-electron chi connectivity index (χ4n) is 3.95. The number of anilines is 1. The predicted octanol–water partition coefficient (Wildman–Crippen LogP) is 2.59. The van der Waals surface area contributed by atoms with E-state index in [-0.39, 0.29) is 5.91 Å². The van der Waals surface area contributed by atoms with Gasteiger partial charge in [0.2, 0.25) is 5.91 Å². The van der Waals surface area contributed by atoms with E-state index in [9.17, 15) is 4.79 Å². The average Bonchev–Trinajstić information content (AvgIpc) is 3.08. The number of carbonyl (C=O) groups is 1. The van der Waals surface area contributed by atoms with Crippen molar-refractivity contribution in [2.75, 3.05) is 19.0 Å². The summed E-state index contributed by atoms with van der Waals surface area (Å²) in [5, 5.41) is 3.07. The normalized spacial score (nSPS) is 26.9. The molecule has 2 bridgehead atoms. The van der Waals surface area contributed by atoms with Crippen LogP contribution < -0.4 is 10.2 Å². The van der Waals surface area contributed by atoms with Crippen LogP contribution in [0.25, 0.3) is 0 Å². The number of amides is 1. The zero-order valence-corrected chi connectivity index (χ0v) is 13.0. The molecule has 3 rings (SSSR count). The summed E-state index contributed by atoms with van der Waals surface area (Å²) in [6, 6.07) is 3.99. The van der Waals surface area contributed by atoms with Crippen LogP contribution in [0, 0.1) is 17.8 Å². The molecule has 0 spiro atoms. The highest BCUT2D eigenvalue weighted by atomic mass is 16.1. The zero-order valence-electron chi connectivity index (χ0n) is 13.0. The van der Waals surface area contributed by atoms with Crippen LogP contribution in [0.4, 0.5) is 5.82 Å². The van der Waals surface area contributed by atoms with E-state index in [1.165, 1.54) is 25.7 Å². The molecule has 1 aromatic rings. The van der Waals surface area contributed by atoms with Gasteiger partial charge < -0.3 is 10.2 Å². The van der Waals surface area contributed by atoms with Crippen molar-refractivity contribution in [3.63, 3.8) is 0 Å². The lowest BCUT2D eigenvalue weighted by atomic mass is 9.86. The summed E-state index contributed by atoms with van der Waals surface area (Å²) in [7, 11) is 3.94. The Labute approximate surface area is 126 Å². The number of rotatable bonds is 5. The van der Waals surface area contributed by atoms with Crippen molar-refractivity contribution in [3.8, 4) is 0 Å². The van der Waals surface area contributed by atoms with Crippen LogP contribution in [-0.4, -0.2) is 25.0 Å². The molecule has 4 heteroatoms. The number of pyridine rings is 1. The largest absolute Gasteiger partial charge is 0.363 e. The van der Waals surface area contributed by atoms with Crippen molar-refractivity contribution in [3.05, 3.63) is 23.9 Å². The van der Waals surface area contributed by atoms with Crippen molar-refractivity contribution in [2.24, 2.45) is 17.8 Å². The molecular weight excluding hydrogens is 262 g/mol. The van der Waals surface area contributed by atoms with E-state index in [0.717, 1.165) is 23.2 Å². The Balaban J connectivity index is 1.48. The standard InChI is InChI=1S/C17H25N3O/c1-20(2)16-9-13(5-6-18-16)11-19-17(21)10-15-8-12-3-4-14(15)7-12/h5-6,9,12,14-15H,3-4,7-8,10-11H2,1-2H3,(H,19,21)/t12-,14-,15-/m0/s1. The maximum atomic E-state index is 12.1. The predicted molar refractivity (Wildman–Crippen MR) is 84.0 cm³/mol. The van der Waals surface area contributed by atoms with Crippen molar-refractivity contribution < 1.29 is 4.79 Å². The molecule has 2 saturated carbocycles. The van der Waals surface area contributed by atoms with E-state index >= 15 is 0 Å². The molecular formula is C17H25N3O. The van der Waals surface area contributed by atoms with Crippen LogP contribution in [0.15, 0.2) is 18.3 Å². The lowest BCUT2D eigenvalue weighted by molar-refractivity contribution is -0.122. The Hall–Kier alpha value is -1.58. The lowest BCUT2D eigenvalue weighted by Crippen LogP contribution is -2.27. The number of hydrogen-bond donors (Lipinski definition) is 1. The van der Waals surface area contributed by atoms with Gasteiger partial charge >= 0.3 is 0 Å². The van der Waals surface area contributed by atoms with Crippen molar-refractivity contribution in [1.82, 2.24) is 10.3 Å². The molecule has 114 valence electrons. The van der Waals surface area contributed by atoms with Crippen molar-refractivity contribution in [1.29, 1.82) is 0 Å². The molecule has 3 atom stereocenters. The quantitative estimate of drug-likeness (QED) is 0.905. The van der Waals surface area contributed by atoms with Gasteiger partial charge in [0, 0.05) is 33.3 Å². The Morgan fingerprint density at radius 3 is 2.90 bits per heavy atom. The molecule has 2 aliphatic carbocycles. The molecule has 1 N–H and O–H groups in total. The lowest BCUT2D eigenvalue weighted by Gasteiger charge is -2.21. The molecule has 0 aromatic carbocycles. The Morgan fingerprint density at radius 1 is 1.38 bits per heavy atom. The topological polar surface area (TPSA) is 45.2 Å². The second-order valence-corrected chi connectivity index (χ2v) is 6.83. The van der Waals surface area contributed by atoms with Gasteiger partial charge in [-0.25, -0.2) is 4.98 Å². The van der Waals surface area contributed by atoms with E-state index in [1.807, 2.05) is 31.1 Å². The highest BCUT2D eigenvalue weighted by Gasteiger charge is 2.39. The summed E-state index contributed by atoms with van der Waals surface area (Å²) in [6.07, 6.45) is 7.90. The number of hydrogen-bond acceptors (Lipinski definition) is 3. The van der Waals surface area contributed by atoms with Gasteiger partial charge in [-0.1, -0.05) is 6.42 Å². The Bertz CT molecular complexity index is 515. The van der Waals surface area contributed by atoms with Gasteiger partial charge in [0.05, 0.1) is 0 Å². The molecule has 0 aliphatic heterocycles. The van der Waals surface area contributed by atoms with Gasteiger partial charge in [-0.15, -0.1) is 0 Å². The first-order valence-electron chi connectivity index (χ1n) is 8.01.